The standard InChI is InChI=1S/C23H29N7O3/c1-29-18-13-25-22(28-20(18)30(23(29)32)16-5-3-4-6-16)27-17-8-7-14(11-19(17)33-2)21(31)26-15-9-10-24-12-15/h7-8,11,13,15-16,24H,3-6,9-10,12H2,1-2H3,(H,26,31)(H,25,27,28)/t15-/m0/s1. The molecule has 1 aliphatic heterocycles. The Labute approximate surface area is 191 Å². The van der Waals surface area contributed by atoms with Crippen molar-refractivity contribution in [2.75, 3.05) is 25.5 Å². The Hall–Kier alpha value is -3.40. The Morgan fingerprint density at radius 1 is 1.24 bits per heavy atom. The molecule has 2 aromatic heterocycles. The van der Waals surface area contributed by atoms with Crippen LogP contribution in [0.15, 0.2) is 29.2 Å². The molecule has 10 heteroatoms. The van der Waals surface area contributed by atoms with Crippen molar-refractivity contribution in [2.24, 2.45) is 7.05 Å². The van der Waals surface area contributed by atoms with Gasteiger partial charge in [-0.25, -0.2) is 9.78 Å². The summed E-state index contributed by atoms with van der Waals surface area (Å²) < 4.78 is 8.93. The van der Waals surface area contributed by atoms with Crippen molar-refractivity contribution < 1.29 is 9.53 Å². The summed E-state index contributed by atoms with van der Waals surface area (Å²) in [6.45, 7) is 1.70. The maximum Gasteiger partial charge on any atom is 0.330 e. The summed E-state index contributed by atoms with van der Waals surface area (Å²) in [4.78, 5) is 34.5. The molecule has 0 spiro atoms. The summed E-state index contributed by atoms with van der Waals surface area (Å²) in [7, 11) is 3.31. The van der Waals surface area contributed by atoms with Crippen LogP contribution in [0.1, 0.15) is 48.5 Å². The van der Waals surface area contributed by atoms with Gasteiger partial charge in [-0.15, -0.1) is 0 Å². The zero-order chi connectivity index (χ0) is 22.9. The van der Waals surface area contributed by atoms with Crippen molar-refractivity contribution in [3.8, 4) is 5.75 Å². The third-order valence-corrected chi connectivity index (χ3v) is 6.63. The minimum atomic E-state index is -0.129. The van der Waals surface area contributed by atoms with Crippen molar-refractivity contribution in [1.82, 2.24) is 29.7 Å². The fourth-order valence-corrected chi connectivity index (χ4v) is 4.79. The second-order valence-corrected chi connectivity index (χ2v) is 8.76. The predicted molar refractivity (Wildman–Crippen MR) is 125 cm³/mol. The number of rotatable bonds is 6. The number of nitrogens with zero attached hydrogens (tertiary/aromatic N) is 4. The van der Waals surface area contributed by atoms with E-state index in [0.29, 0.717) is 34.1 Å². The largest absolute Gasteiger partial charge is 0.495 e. The molecule has 0 unspecified atom stereocenters. The number of ether oxygens (including phenoxy) is 1. The topological polar surface area (TPSA) is 115 Å². The average molecular weight is 452 g/mol. The highest BCUT2D eigenvalue weighted by Gasteiger charge is 2.24. The highest BCUT2D eigenvalue weighted by molar-refractivity contribution is 5.95. The summed E-state index contributed by atoms with van der Waals surface area (Å²) in [5.74, 6) is 0.751. The third-order valence-electron chi connectivity index (χ3n) is 6.63. The number of hydrogen-bond acceptors (Lipinski definition) is 7. The van der Waals surface area contributed by atoms with E-state index in [4.69, 9.17) is 4.74 Å². The molecule has 0 radical (unpaired) electrons. The Balaban J connectivity index is 1.42. The summed E-state index contributed by atoms with van der Waals surface area (Å²) in [6.07, 6.45) is 6.81. The zero-order valence-corrected chi connectivity index (χ0v) is 18.9. The number of anilines is 2. The number of carbonyl (C=O) groups is 1. The van der Waals surface area contributed by atoms with Gasteiger partial charge in [-0.2, -0.15) is 4.98 Å². The van der Waals surface area contributed by atoms with E-state index in [2.05, 4.69) is 25.9 Å². The second kappa shape index (κ2) is 8.86. The quantitative estimate of drug-likeness (QED) is 0.526. The van der Waals surface area contributed by atoms with Gasteiger partial charge in [0.25, 0.3) is 5.91 Å². The van der Waals surface area contributed by atoms with Gasteiger partial charge in [0, 0.05) is 31.2 Å². The molecule has 1 aliphatic carbocycles. The van der Waals surface area contributed by atoms with Gasteiger partial charge in [-0.1, -0.05) is 12.8 Å². The van der Waals surface area contributed by atoms with Gasteiger partial charge < -0.3 is 20.7 Å². The third kappa shape index (κ3) is 4.06. The number of fused-ring (bicyclic) bond motifs is 1. The van der Waals surface area contributed by atoms with Crippen LogP contribution in [0.25, 0.3) is 11.2 Å². The van der Waals surface area contributed by atoms with Gasteiger partial charge >= 0.3 is 5.69 Å². The summed E-state index contributed by atoms with van der Waals surface area (Å²) in [5, 5.41) is 9.47. The molecular formula is C23H29N7O3. The van der Waals surface area contributed by atoms with Crippen LogP contribution >= 0.6 is 0 Å². The Kier molecular flexibility index (Phi) is 5.76. The average Bonchev–Trinajstić information content (AvgIpc) is 3.57. The highest BCUT2D eigenvalue weighted by Crippen LogP contribution is 2.32. The number of aryl methyl sites for hydroxylation is 1. The first-order valence-corrected chi connectivity index (χ1v) is 11.5. The SMILES string of the molecule is COc1cc(C(=O)N[C@H]2CCNC2)ccc1Nc1ncc2c(n1)n(C1CCCC1)c(=O)n2C. The van der Waals surface area contributed by atoms with Gasteiger partial charge in [-0.05, 0) is 44.0 Å². The molecule has 5 rings (SSSR count). The number of nitrogens with one attached hydrogen (secondary N) is 3. The Morgan fingerprint density at radius 2 is 2.06 bits per heavy atom. The smallest absolute Gasteiger partial charge is 0.330 e. The lowest BCUT2D eigenvalue weighted by molar-refractivity contribution is 0.0939. The monoisotopic (exact) mass is 451 g/mol. The molecule has 3 N–H and O–H groups in total. The summed E-state index contributed by atoms with van der Waals surface area (Å²) in [5.41, 5.74) is 2.44. The highest BCUT2D eigenvalue weighted by atomic mass is 16.5. The van der Waals surface area contributed by atoms with Crippen LogP contribution in [0.5, 0.6) is 5.75 Å². The van der Waals surface area contributed by atoms with E-state index >= 15 is 0 Å². The van der Waals surface area contributed by atoms with Crippen LogP contribution in [0.2, 0.25) is 0 Å². The van der Waals surface area contributed by atoms with E-state index in [1.807, 2.05) is 0 Å². The molecule has 1 amide bonds. The van der Waals surface area contributed by atoms with Gasteiger partial charge in [-0.3, -0.25) is 13.9 Å². The van der Waals surface area contributed by atoms with Crippen LogP contribution in [0, 0.1) is 0 Å². The van der Waals surface area contributed by atoms with E-state index in [1.54, 1.807) is 47.7 Å². The van der Waals surface area contributed by atoms with Crippen LogP contribution in [-0.2, 0) is 7.05 Å². The van der Waals surface area contributed by atoms with Crippen LogP contribution in [-0.4, -0.2) is 51.3 Å². The fraction of sp³-hybridized carbons (Fsp3) is 0.478. The van der Waals surface area contributed by atoms with E-state index in [9.17, 15) is 9.59 Å². The molecule has 3 heterocycles. The number of methoxy groups -OCH3 is 1. The lowest BCUT2D eigenvalue weighted by atomic mass is 10.1. The first kappa shape index (κ1) is 21.4. The van der Waals surface area contributed by atoms with Crippen LogP contribution in [0.3, 0.4) is 0 Å². The number of aromatic nitrogens is 4. The van der Waals surface area contributed by atoms with Crippen molar-refractivity contribution >= 4 is 28.7 Å². The molecule has 2 fully saturated rings. The Bertz CT molecular complexity index is 1240. The molecule has 10 nitrogen and oxygen atoms in total. The molecule has 3 aromatic rings. The minimum Gasteiger partial charge on any atom is -0.495 e. The second-order valence-electron chi connectivity index (χ2n) is 8.76. The zero-order valence-electron chi connectivity index (χ0n) is 18.9. The Morgan fingerprint density at radius 3 is 2.79 bits per heavy atom. The lowest BCUT2D eigenvalue weighted by Gasteiger charge is -2.14. The van der Waals surface area contributed by atoms with E-state index < -0.39 is 0 Å². The van der Waals surface area contributed by atoms with Gasteiger partial charge in [0.1, 0.15) is 11.3 Å². The number of benzene rings is 1. The van der Waals surface area contributed by atoms with Gasteiger partial charge in [0.2, 0.25) is 5.95 Å². The van der Waals surface area contributed by atoms with Crippen LogP contribution < -0.4 is 26.4 Å². The van der Waals surface area contributed by atoms with Crippen molar-refractivity contribution in [3.63, 3.8) is 0 Å². The maximum absolute atomic E-state index is 12.8. The summed E-state index contributed by atoms with van der Waals surface area (Å²) in [6, 6.07) is 5.55. The van der Waals surface area contributed by atoms with E-state index in [0.717, 1.165) is 45.2 Å². The normalized spacial score (nSPS) is 18.7. The van der Waals surface area contributed by atoms with Crippen LogP contribution in [0.4, 0.5) is 11.6 Å². The van der Waals surface area contributed by atoms with Gasteiger partial charge in [0.15, 0.2) is 5.65 Å². The molecule has 2 aliphatic rings. The molecule has 174 valence electrons. The van der Waals surface area contributed by atoms with Crippen molar-refractivity contribution in [1.29, 1.82) is 0 Å². The van der Waals surface area contributed by atoms with E-state index in [-0.39, 0.29) is 23.7 Å². The van der Waals surface area contributed by atoms with E-state index in [1.165, 1.54) is 0 Å². The number of imidazole rings is 1. The predicted octanol–water partition coefficient (Wildman–Crippen LogP) is 2.09. The van der Waals surface area contributed by atoms with Crippen molar-refractivity contribution in [3.05, 3.63) is 40.4 Å². The number of amides is 1. The van der Waals surface area contributed by atoms with Gasteiger partial charge in [0.05, 0.1) is 19.0 Å². The molecule has 1 aromatic carbocycles. The molecule has 0 bridgehead atoms. The fourth-order valence-electron chi connectivity index (χ4n) is 4.79. The molecule has 1 saturated carbocycles. The summed E-state index contributed by atoms with van der Waals surface area (Å²) >= 11 is 0. The first-order valence-electron chi connectivity index (χ1n) is 11.5. The lowest BCUT2D eigenvalue weighted by Crippen LogP contribution is -2.36. The number of carbonyl (C=O) groups excluding carboxylic acids is 1. The maximum atomic E-state index is 12.8. The molecule has 1 atom stereocenters. The van der Waals surface area contributed by atoms with Crippen molar-refractivity contribution in [2.45, 2.75) is 44.2 Å². The molecule has 33 heavy (non-hydrogen) atoms. The molecular weight excluding hydrogens is 422 g/mol. The number of hydrogen-bond donors (Lipinski definition) is 3. The molecule has 1 saturated heterocycles. The first-order chi connectivity index (χ1) is 16.0. The minimum absolute atomic E-state index is 0.0613.